The van der Waals surface area contributed by atoms with Gasteiger partial charge in [0.1, 0.15) is 11.9 Å². The molecule has 1 fully saturated rings. The lowest BCUT2D eigenvalue weighted by molar-refractivity contribution is -0.123. The Morgan fingerprint density at radius 2 is 2.17 bits per heavy atom. The molecule has 1 aliphatic rings. The Balaban J connectivity index is 2.27. The van der Waals surface area contributed by atoms with E-state index in [-0.39, 0.29) is 12.2 Å². The SMILES string of the molecule is CC(C#N)OC1CCC(=O)CC1. The number of ketones is 1. The van der Waals surface area contributed by atoms with Gasteiger partial charge in [0.15, 0.2) is 0 Å². The van der Waals surface area contributed by atoms with E-state index in [1.807, 2.05) is 6.07 Å². The molecular formula is C9H13NO2. The second kappa shape index (κ2) is 4.22. The summed E-state index contributed by atoms with van der Waals surface area (Å²) in [5.41, 5.74) is 0. The van der Waals surface area contributed by atoms with Crippen molar-refractivity contribution in [1.29, 1.82) is 5.26 Å². The third-order valence-corrected chi connectivity index (χ3v) is 2.07. The van der Waals surface area contributed by atoms with Gasteiger partial charge in [-0.05, 0) is 19.8 Å². The van der Waals surface area contributed by atoms with Crippen molar-refractivity contribution in [3.05, 3.63) is 0 Å². The summed E-state index contributed by atoms with van der Waals surface area (Å²) in [4.78, 5) is 10.8. The van der Waals surface area contributed by atoms with Crippen LogP contribution in [0, 0.1) is 11.3 Å². The van der Waals surface area contributed by atoms with Gasteiger partial charge < -0.3 is 4.74 Å². The van der Waals surface area contributed by atoms with Crippen molar-refractivity contribution in [1.82, 2.24) is 0 Å². The molecule has 1 unspecified atom stereocenters. The molecule has 12 heavy (non-hydrogen) atoms. The fourth-order valence-electron chi connectivity index (χ4n) is 1.37. The Labute approximate surface area is 72.3 Å². The van der Waals surface area contributed by atoms with Crippen molar-refractivity contribution in [2.75, 3.05) is 0 Å². The molecule has 0 spiro atoms. The first-order valence-corrected chi connectivity index (χ1v) is 4.29. The van der Waals surface area contributed by atoms with Crippen LogP contribution >= 0.6 is 0 Å². The summed E-state index contributed by atoms with van der Waals surface area (Å²) in [6.45, 7) is 1.73. The van der Waals surface area contributed by atoms with Crippen LogP contribution in [0.4, 0.5) is 0 Å². The summed E-state index contributed by atoms with van der Waals surface area (Å²) < 4.78 is 5.38. The molecule has 0 radical (unpaired) electrons. The van der Waals surface area contributed by atoms with E-state index in [0.29, 0.717) is 18.6 Å². The number of hydrogen-bond donors (Lipinski definition) is 0. The number of Topliss-reactive ketones (excluding diaryl/α,β-unsaturated/α-hetero) is 1. The van der Waals surface area contributed by atoms with E-state index in [1.54, 1.807) is 6.92 Å². The monoisotopic (exact) mass is 167 g/mol. The average Bonchev–Trinajstić information content (AvgIpc) is 2.09. The number of nitriles is 1. The summed E-state index contributed by atoms with van der Waals surface area (Å²) in [5, 5.41) is 8.48. The van der Waals surface area contributed by atoms with Crippen LogP contribution in [0.5, 0.6) is 0 Å². The summed E-state index contributed by atoms with van der Waals surface area (Å²) in [6, 6.07) is 2.02. The Morgan fingerprint density at radius 3 is 2.67 bits per heavy atom. The molecule has 1 saturated carbocycles. The van der Waals surface area contributed by atoms with Gasteiger partial charge in [0.05, 0.1) is 12.2 Å². The first kappa shape index (κ1) is 9.21. The van der Waals surface area contributed by atoms with Crippen molar-refractivity contribution in [2.45, 2.75) is 44.8 Å². The first-order valence-electron chi connectivity index (χ1n) is 4.29. The molecule has 1 aliphatic carbocycles. The summed E-state index contributed by atoms with van der Waals surface area (Å²) in [6.07, 6.45) is 2.57. The summed E-state index contributed by atoms with van der Waals surface area (Å²) in [5.74, 6) is 0.319. The third kappa shape index (κ3) is 2.63. The zero-order valence-electron chi connectivity index (χ0n) is 7.25. The van der Waals surface area contributed by atoms with Crippen LogP contribution in [-0.2, 0) is 9.53 Å². The van der Waals surface area contributed by atoms with Gasteiger partial charge >= 0.3 is 0 Å². The highest BCUT2D eigenvalue weighted by molar-refractivity contribution is 5.79. The summed E-state index contributed by atoms with van der Waals surface area (Å²) >= 11 is 0. The number of carbonyl (C=O) groups is 1. The quantitative estimate of drug-likeness (QED) is 0.625. The second-order valence-electron chi connectivity index (χ2n) is 3.15. The van der Waals surface area contributed by atoms with Crippen molar-refractivity contribution < 1.29 is 9.53 Å². The van der Waals surface area contributed by atoms with Crippen LogP contribution in [0.3, 0.4) is 0 Å². The van der Waals surface area contributed by atoms with Gasteiger partial charge in [-0.2, -0.15) is 5.26 Å². The molecule has 1 atom stereocenters. The van der Waals surface area contributed by atoms with Crippen molar-refractivity contribution >= 4 is 5.78 Å². The van der Waals surface area contributed by atoms with E-state index in [2.05, 4.69) is 0 Å². The zero-order chi connectivity index (χ0) is 8.97. The molecule has 0 saturated heterocycles. The van der Waals surface area contributed by atoms with Gasteiger partial charge in [-0.3, -0.25) is 4.79 Å². The van der Waals surface area contributed by atoms with Gasteiger partial charge in [0, 0.05) is 12.8 Å². The van der Waals surface area contributed by atoms with Crippen LogP contribution in [0.15, 0.2) is 0 Å². The highest BCUT2D eigenvalue weighted by Crippen LogP contribution is 2.18. The minimum absolute atomic E-state index is 0.123. The largest absolute Gasteiger partial charge is 0.360 e. The smallest absolute Gasteiger partial charge is 0.141 e. The van der Waals surface area contributed by atoms with Gasteiger partial charge in [0.2, 0.25) is 0 Å². The lowest BCUT2D eigenvalue weighted by Gasteiger charge is -2.22. The maximum atomic E-state index is 10.8. The lowest BCUT2D eigenvalue weighted by Crippen LogP contribution is -2.24. The molecule has 0 aliphatic heterocycles. The maximum absolute atomic E-state index is 10.8. The van der Waals surface area contributed by atoms with Gasteiger partial charge in [-0.15, -0.1) is 0 Å². The first-order chi connectivity index (χ1) is 5.72. The minimum atomic E-state index is -0.344. The van der Waals surface area contributed by atoms with Crippen molar-refractivity contribution in [3.8, 4) is 6.07 Å². The van der Waals surface area contributed by atoms with Gasteiger partial charge in [-0.25, -0.2) is 0 Å². The lowest BCUT2D eigenvalue weighted by atomic mass is 9.96. The molecule has 0 aromatic heterocycles. The number of hydrogen-bond acceptors (Lipinski definition) is 3. The standard InChI is InChI=1S/C9H13NO2/c1-7(6-10)12-9-4-2-8(11)3-5-9/h7,9H,2-5H2,1H3. The summed E-state index contributed by atoms with van der Waals surface area (Å²) in [7, 11) is 0. The minimum Gasteiger partial charge on any atom is -0.360 e. The van der Waals surface area contributed by atoms with Crippen LogP contribution in [0.1, 0.15) is 32.6 Å². The Hall–Kier alpha value is -0.880. The van der Waals surface area contributed by atoms with Gasteiger partial charge in [-0.1, -0.05) is 0 Å². The van der Waals surface area contributed by atoms with Gasteiger partial charge in [0.25, 0.3) is 0 Å². The Bertz CT molecular complexity index is 197. The maximum Gasteiger partial charge on any atom is 0.141 e. The van der Waals surface area contributed by atoms with Crippen molar-refractivity contribution in [2.24, 2.45) is 0 Å². The number of carbonyl (C=O) groups excluding carboxylic acids is 1. The molecule has 0 N–H and O–H groups in total. The molecule has 1 rings (SSSR count). The van der Waals surface area contributed by atoms with Crippen LogP contribution < -0.4 is 0 Å². The third-order valence-electron chi connectivity index (χ3n) is 2.07. The second-order valence-corrected chi connectivity index (χ2v) is 3.15. The number of rotatable bonds is 2. The highest BCUT2D eigenvalue weighted by Gasteiger charge is 2.20. The van der Waals surface area contributed by atoms with E-state index in [9.17, 15) is 4.79 Å². The van der Waals surface area contributed by atoms with E-state index in [4.69, 9.17) is 10.00 Å². The molecule has 0 amide bonds. The molecule has 3 heteroatoms. The number of nitrogens with zero attached hydrogens (tertiary/aromatic N) is 1. The Morgan fingerprint density at radius 1 is 1.58 bits per heavy atom. The molecule has 0 bridgehead atoms. The molecular weight excluding hydrogens is 154 g/mol. The molecule has 0 aromatic carbocycles. The zero-order valence-corrected chi connectivity index (χ0v) is 7.25. The fourth-order valence-corrected chi connectivity index (χ4v) is 1.37. The molecule has 0 heterocycles. The topological polar surface area (TPSA) is 50.1 Å². The number of ether oxygens (including phenoxy) is 1. The predicted octanol–water partition coefficient (Wildman–Crippen LogP) is 1.43. The Kier molecular flexibility index (Phi) is 3.24. The van der Waals surface area contributed by atoms with Crippen LogP contribution in [0.25, 0.3) is 0 Å². The molecule has 0 aromatic rings. The van der Waals surface area contributed by atoms with E-state index < -0.39 is 0 Å². The van der Waals surface area contributed by atoms with Crippen LogP contribution in [-0.4, -0.2) is 18.0 Å². The van der Waals surface area contributed by atoms with Crippen molar-refractivity contribution in [3.63, 3.8) is 0 Å². The van der Waals surface area contributed by atoms with Crippen LogP contribution in [0.2, 0.25) is 0 Å². The average molecular weight is 167 g/mol. The van der Waals surface area contributed by atoms with E-state index >= 15 is 0 Å². The predicted molar refractivity (Wildman–Crippen MR) is 43.4 cm³/mol. The normalized spacial score (nSPS) is 21.8. The molecule has 66 valence electrons. The highest BCUT2D eigenvalue weighted by atomic mass is 16.5. The van der Waals surface area contributed by atoms with E-state index in [0.717, 1.165) is 12.8 Å². The molecule has 3 nitrogen and oxygen atoms in total. The fraction of sp³-hybridized carbons (Fsp3) is 0.778. The van der Waals surface area contributed by atoms with E-state index in [1.165, 1.54) is 0 Å².